The lowest BCUT2D eigenvalue weighted by atomic mass is 9.76. The lowest BCUT2D eigenvalue weighted by molar-refractivity contribution is 0.188. The number of aliphatic hydroxyl groups excluding tert-OH is 1. The summed E-state index contributed by atoms with van der Waals surface area (Å²) in [5.74, 6) is 0.267. The van der Waals surface area contributed by atoms with Gasteiger partial charge in [-0.05, 0) is 19.3 Å². The SMILES string of the molecule is C=C(O)C1(NP)CCC1. The fraction of sp³-hybridized carbons (Fsp3) is 0.667. The number of hydrogen-bond donors (Lipinski definition) is 2. The van der Waals surface area contributed by atoms with E-state index >= 15 is 0 Å². The van der Waals surface area contributed by atoms with Gasteiger partial charge in [-0.1, -0.05) is 16.0 Å². The summed E-state index contributed by atoms with van der Waals surface area (Å²) in [5.41, 5.74) is -0.162. The minimum absolute atomic E-state index is 0.162. The summed E-state index contributed by atoms with van der Waals surface area (Å²) in [4.78, 5) is 0. The van der Waals surface area contributed by atoms with Gasteiger partial charge in [0.25, 0.3) is 0 Å². The van der Waals surface area contributed by atoms with Crippen LogP contribution in [0.15, 0.2) is 12.3 Å². The monoisotopic (exact) mass is 145 g/mol. The molecule has 1 fully saturated rings. The van der Waals surface area contributed by atoms with Crippen LogP contribution in [0.1, 0.15) is 19.3 Å². The molecular weight excluding hydrogens is 133 g/mol. The second kappa shape index (κ2) is 2.28. The first-order valence-corrected chi connectivity index (χ1v) is 3.65. The molecule has 2 nitrogen and oxygen atoms in total. The highest BCUT2D eigenvalue weighted by molar-refractivity contribution is 7.13. The van der Waals surface area contributed by atoms with E-state index in [-0.39, 0.29) is 11.3 Å². The highest BCUT2D eigenvalue weighted by atomic mass is 31.0. The molecule has 0 spiro atoms. The smallest absolute Gasteiger partial charge is 0.105 e. The van der Waals surface area contributed by atoms with Gasteiger partial charge in [0.05, 0.1) is 5.54 Å². The van der Waals surface area contributed by atoms with E-state index in [4.69, 9.17) is 5.11 Å². The largest absolute Gasteiger partial charge is 0.511 e. The van der Waals surface area contributed by atoms with Crippen LogP contribution in [0.25, 0.3) is 0 Å². The Kier molecular flexibility index (Phi) is 1.78. The minimum Gasteiger partial charge on any atom is -0.511 e. The third-order valence-electron chi connectivity index (χ3n) is 2.04. The first-order chi connectivity index (χ1) is 4.21. The molecule has 0 aliphatic heterocycles. The lowest BCUT2D eigenvalue weighted by Crippen LogP contribution is -2.47. The molecule has 9 heavy (non-hydrogen) atoms. The average molecular weight is 145 g/mol. The van der Waals surface area contributed by atoms with E-state index in [1.165, 1.54) is 6.42 Å². The van der Waals surface area contributed by atoms with Crippen molar-refractivity contribution in [2.75, 3.05) is 0 Å². The summed E-state index contributed by atoms with van der Waals surface area (Å²) in [6, 6.07) is 0. The van der Waals surface area contributed by atoms with E-state index in [9.17, 15) is 0 Å². The molecule has 0 saturated heterocycles. The maximum atomic E-state index is 9.05. The van der Waals surface area contributed by atoms with Crippen LogP contribution in [0.4, 0.5) is 0 Å². The van der Waals surface area contributed by atoms with E-state index in [2.05, 4.69) is 21.1 Å². The van der Waals surface area contributed by atoms with E-state index in [0.717, 1.165) is 12.8 Å². The number of nitrogens with one attached hydrogen (secondary N) is 1. The molecule has 0 heterocycles. The second-order valence-electron chi connectivity index (χ2n) is 2.53. The van der Waals surface area contributed by atoms with Gasteiger partial charge in [0.15, 0.2) is 0 Å². The molecule has 1 aliphatic rings. The molecule has 3 heteroatoms. The highest BCUT2D eigenvalue weighted by Crippen LogP contribution is 2.36. The topological polar surface area (TPSA) is 32.3 Å². The first kappa shape index (κ1) is 7.04. The van der Waals surface area contributed by atoms with Gasteiger partial charge in [-0.25, -0.2) is 0 Å². The van der Waals surface area contributed by atoms with Crippen molar-refractivity contribution in [2.45, 2.75) is 24.8 Å². The fourth-order valence-corrected chi connectivity index (χ4v) is 1.50. The zero-order valence-corrected chi connectivity index (χ0v) is 6.51. The summed E-state index contributed by atoms with van der Waals surface area (Å²) in [5, 5.41) is 12.0. The van der Waals surface area contributed by atoms with Crippen molar-refractivity contribution in [3.63, 3.8) is 0 Å². The van der Waals surface area contributed by atoms with Crippen LogP contribution in [0.5, 0.6) is 0 Å². The molecule has 2 N–H and O–H groups in total. The van der Waals surface area contributed by atoms with Crippen LogP contribution >= 0.6 is 9.39 Å². The van der Waals surface area contributed by atoms with Crippen LogP contribution < -0.4 is 5.09 Å². The molecule has 0 aromatic heterocycles. The zero-order valence-electron chi connectivity index (χ0n) is 5.35. The first-order valence-electron chi connectivity index (χ1n) is 3.07. The maximum absolute atomic E-state index is 9.05. The van der Waals surface area contributed by atoms with E-state index < -0.39 is 0 Å². The molecule has 0 aromatic carbocycles. The van der Waals surface area contributed by atoms with Crippen molar-refractivity contribution >= 4 is 9.39 Å². The standard InChI is InChI=1S/C6H12NOP/c1-5(8)6(7-9)3-2-4-6/h7-8H,1-4,9H2. The molecule has 0 amide bonds. The Hall–Kier alpha value is -0.0700. The summed E-state index contributed by atoms with van der Waals surface area (Å²) in [7, 11) is 2.42. The second-order valence-corrected chi connectivity index (χ2v) is 2.82. The van der Waals surface area contributed by atoms with Crippen molar-refractivity contribution in [2.24, 2.45) is 0 Å². The minimum atomic E-state index is -0.162. The molecule has 1 aliphatic carbocycles. The van der Waals surface area contributed by atoms with Crippen molar-refractivity contribution in [1.29, 1.82) is 0 Å². The summed E-state index contributed by atoms with van der Waals surface area (Å²) >= 11 is 0. The van der Waals surface area contributed by atoms with Crippen molar-refractivity contribution in [3.05, 3.63) is 12.3 Å². The Morgan fingerprint density at radius 2 is 2.22 bits per heavy atom. The van der Waals surface area contributed by atoms with Gasteiger partial charge in [0.1, 0.15) is 5.76 Å². The molecule has 0 bridgehead atoms. The number of rotatable bonds is 2. The third kappa shape index (κ3) is 0.973. The Morgan fingerprint density at radius 1 is 1.67 bits per heavy atom. The molecule has 0 aromatic rings. The molecule has 0 radical (unpaired) electrons. The Bertz CT molecular complexity index is 126. The fourth-order valence-electron chi connectivity index (χ4n) is 1.05. The van der Waals surface area contributed by atoms with E-state index in [1.807, 2.05) is 0 Å². The van der Waals surface area contributed by atoms with Crippen LogP contribution in [-0.4, -0.2) is 10.6 Å². The molecule has 1 saturated carbocycles. The predicted octanol–water partition coefficient (Wildman–Crippen LogP) is 1.36. The number of hydrogen-bond acceptors (Lipinski definition) is 2. The van der Waals surface area contributed by atoms with Gasteiger partial charge in [0, 0.05) is 0 Å². The zero-order chi connectivity index (χ0) is 6.91. The van der Waals surface area contributed by atoms with Gasteiger partial charge in [-0.3, -0.25) is 5.09 Å². The van der Waals surface area contributed by atoms with E-state index in [0.29, 0.717) is 0 Å². The van der Waals surface area contributed by atoms with Crippen LogP contribution in [0.3, 0.4) is 0 Å². The highest BCUT2D eigenvalue weighted by Gasteiger charge is 2.38. The quantitative estimate of drug-likeness (QED) is 0.454. The van der Waals surface area contributed by atoms with Crippen LogP contribution in [-0.2, 0) is 0 Å². The normalized spacial score (nSPS) is 22.8. The van der Waals surface area contributed by atoms with Gasteiger partial charge < -0.3 is 5.11 Å². The molecule has 1 atom stereocenters. The van der Waals surface area contributed by atoms with Gasteiger partial charge in [0.2, 0.25) is 0 Å². The Balaban J connectivity index is 2.57. The van der Waals surface area contributed by atoms with E-state index in [1.54, 1.807) is 0 Å². The molecule has 1 unspecified atom stereocenters. The lowest BCUT2D eigenvalue weighted by Gasteiger charge is -2.40. The summed E-state index contributed by atoms with van der Waals surface area (Å²) < 4.78 is 0. The van der Waals surface area contributed by atoms with Gasteiger partial charge in [-0.2, -0.15) is 0 Å². The summed E-state index contributed by atoms with van der Waals surface area (Å²) in [6.45, 7) is 3.50. The maximum Gasteiger partial charge on any atom is 0.105 e. The van der Waals surface area contributed by atoms with Crippen molar-refractivity contribution < 1.29 is 5.11 Å². The molecule has 52 valence electrons. The van der Waals surface area contributed by atoms with Gasteiger partial charge >= 0.3 is 0 Å². The molecular formula is C6H12NOP. The number of aliphatic hydroxyl groups is 1. The van der Waals surface area contributed by atoms with Crippen LogP contribution in [0.2, 0.25) is 0 Å². The van der Waals surface area contributed by atoms with Crippen molar-refractivity contribution in [3.8, 4) is 0 Å². The van der Waals surface area contributed by atoms with Gasteiger partial charge in [-0.15, -0.1) is 0 Å². The third-order valence-corrected chi connectivity index (χ3v) is 2.59. The van der Waals surface area contributed by atoms with Crippen LogP contribution in [0, 0.1) is 0 Å². The summed E-state index contributed by atoms with van der Waals surface area (Å²) in [6.07, 6.45) is 3.19. The Morgan fingerprint density at radius 3 is 2.22 bits per heavy atom. The average Bonchev–Trinajstić information content (AvgIpc) is 1.62. The van der Waals surface area contributed by atoms with Crippen molar-refractivity contribution in [1.82, 2.24) is 5.09 Å². The Labute approximate surface area is 57.6 Å². The predicted molar refractivity (Wildman–Crippen MR) is 41.2 cm³/mol. The molecule has 1 rings (SSSR count).